The SMILES string of the molecule is O=C(Cn1c2ccccc2c(=O)c2ccccc21)N/N=C\c1ccc(-c2ccccc2C(=O)O)o1. The molecule has 8 heteroatoms. The van der Waals surface area contributed by atoms with Crippen LogP contribution in [-0.2, 0) is 11.3 Å². The van der Waals surface area contributed by atoms with Gasteiger partial charge in [0.25, 0.3) is 5.91 Å². The van der Waals surface area contributed by atoms with E-state index in [1.807, 2.05) is 12.1 Å². The third-order valence-corrected chi connectivity index (χ3v) is 5.61. The number of aromatic nitrogens is 1. The van der Waals surface area contributed by atoms with Crippen LogP contribution in [-0.4, -0.2) is 27.8 Å². The molecule has 0 unspecified atom stereocenters. The largest absolute Gasteiger partial charge is 0.478 e. The zero-order chi connectivity index (χ0) is 24.4. The molecule has 0 fully saturated rings. The summed E-state index contributed by atoms with van der Waals surface area (Å²) in [6, 6.07) is 24.1. The van der Waals surface area contributed by atoms with E-state index in [1.165, 1.54) is 12.3 Å². The van der Waals surface area contributed by atoms with Crippen LogP contribution in [0.15, 0.2) is 99.2 Å². The molecule has 2 aromatic heterocycles. The number of rotatable bonds is 6. The van der Waals surface area contributed by atoms with E-state index in [-0.39, 0.29) is 23.4 Å². The van der Waals surface area contributed by atoms with E-state index in [2.05, 4.69) is 10.5 Å². The summed E-state index contributed by atoms with van der Waals surface area (Å²) in [5, 5.41) is 14.4. The number of carbonyl (C=O) groups excluding carboxylic acids is 1. The average molecular weight is 465 g/mol. The van der Waals surface area contributed by atoms with Crippen molar-refractivity contribution in [2.24, 2.45) is 5.10 Å². The minimum absolute atomic E-state index is 0.0476. The summed E-state index contributed by atoms with van der Waals surface area (Å²) >= 11 is 0. The van der Waals surface area contributed by atoms with Gasteiger partial charge in [-0.05, 0) is 42.5 Å². The van der Waals surface area contributed by atoms with E-state index in [9.17, 15) is 19.5 Å². The first-order valence-corrected chi connectivity index (χ1v) is 10.8. The van der Waals surface area contributed by atoms with Gasteiger partial charge in [-0.2, -0.15) is 5.10 Å². The van der Waals surface area contributed by atoms with Crippen LogP contribution in [0.4, 0.5) is 0 Å². The number of hydrazone groups is 1. The van der Waals surface area contributed by atoms with E-state index in [0.717, 1.165) is 0 Å². The van der Waals surface area contributed by atoms with E-state index >= 15 is 0 Å². The highest BCUT2D eigenvalue weighted by molar-refractivity contribution is 5.96. The Labute approximate surface area is 198 Å². The first kappa shape index (κ1) is 21.8. The van der Waals surface area contributed by atoms with Crippen molar-refractivity contribution in [3.63, 3.8) is 0 Å². The number of carboxylic acid groups (broad SMARTS) is 1. The summed E-state index contributed by atoms with van der Waals surface area (Å²) < 4.78 is 7.47. The number of pyridine rings is 1. The molecule has 2 N–H and O–H groups in total. The van der Waals surface area contributed by atoms with Gasteiger partial charge in [-0.15, -0.1) is 0 Å². The molecule has 0 spiro atoms. The maximum absolute atomic E-state index is 12.8. The predicted molar refractivity (Wildman–Crippen MR) is 133 cm³/mol. The number of fused-ring (bicyclic) bond motifs is 2. The summed E-state index contributed by atoms with van der Waals surface area (Å²) in [7, 11) is 0. The van der Waals surface area contributed by atoms with E-state index in [1.54, 1.807) is 71.3 Å². The van der Waals surface area contributed by atoms with E-state index in [0.29, 0.717) is 38.9 Å². The Hall–Kier alpha value is -4.98. The summed E-state index contributed by atoms with van der Waals surface area (Å²) in [6.45, 7) is -0.0476. The predicted octanol–water partition coefficient (Wildman–Crippen LogP) is 4.26. The number of carboxylic acids is 1. The maximum atomic E-state index is 12.8. The van der Waals surface area contributed by atoms with Crippen LogP contribution in [0.25, 0.3) is 33.1 Å². The van der Waals surface area contributed by atoms with Crippen molar-refractivity contribution in [3.8, 4) is 11.3 Å². The van der Waals surface area contributed by atoms with Crippen molar-refractivity contribution in [3.05, 3.63) is 106 Å². The normalized spacial score (nSPS) is 11.3. The number of hydrogen-bond donors (Lipinski definition) is 2. The van der Waals surface area contributed by atoms with Gasteiger partial charge < -0.3 is 14.1 Å². The first-order valence-electron chi connectivity index (χ1n) is 10.8. The van der Waals surface area contributed by atoms with Crippen LogP contribution in [0.5, 0.6) is 0 Å². The highest BCUT2D eigenvalue weighted by atomic mass is 16.4. The molecule has 5 aromatic rings. The molecule has 0 radical (unpaired) electrons. The molecule has 0 saturated heterocycles. The minimum atomic E-state index is -1.05. The second kappa shape index (κ2) is 9.11. The lowest BCUT2D eigenvalue weighted by Crippen LogP contribution is -2.25. The molecule has 0 aliphatic rings. The molecule has 0 atom stereocenters. The van der Waals surface area contributed by atoms with Crippen molar-refractivity contribution in [2.75, 3.05) is 0 Å². The van der Waals surface area contributed by atoms with Crippen molar-refractivity contribution in [1.29, 1.82) is 0 Å². The van der Waals surface area contributed by atoms with Gasteiger partial charge in [-0.3, -0.25) is 9.59 Å². The number of furan rings is 1. The van der Waals surface area contributed by atoms with Crippen molar-refractivity contribution in [1.82, 2.24) is 9.99 Å². The first-order chi connectivity index (χ1) is 17.0. The Bertz CT molecular complexity index is 1620. The topological polar surface area (TPSA) is 114 Å². The standard InChI is InChI=1S/C27H19N3O5/c31-25(16-30-22-11-5-3-9-20(22)26(32)21-10-4-6-12-23(21)30)29-28-15-17-13-14-24(35-17)18-7-1-2-8-19(18)27(33)34/h1-15H,16H2,(H,29,31)(H,33,34)/b28-15-. The second-order valence-electron chi connectivity index (χ2n) is 7.80. The smallest absolute Gasteiger partial charge is 0.336 e. The number of nitrogens with zero attached hydrogens (tertiary/aromatic N) is 2. The number of para-hydroxylation sites is 2. The summed E-state index contributed by atoms with van der Waals surface area (Å²) in [6.07, 6.45) is 1.34. The monoisotopic (exact) mass is 465 g/mol. The number of aromatic carboxylic acids is 1. The zero-order valence-electron chi connectivity index (χ0n) is 18.3. The van der Waals surface area contributed by atoms with Crippen LogP contribution in [0, 0.1) is 0 Å². The van der Waals surface area contributed by atoms with Crippen molar-refractivity contribution >= 4 is 39.9 Å². The van der Waals surface area contributed by atoms with Crippen LogP contribution in [0.3, 0.4) is 0 Å². The Morgan fingerprint density at radius 2 is 1.51 bits per heavy atom. The lowest BCUT2D eigenvalue weighted by molar-refractivity contribution is -0.121. The van der Waals surface area contributed by atoms with Gasteiger partial charge in [-0.1, -0.05) is 42.5 Å². The average Bonchev–Trinajstić information content (AvgIpc) is 3.35. The number of hydrogen-bond acceptors (Lipinski definition) is 5. The maximum Gasteiger partial charge on any atom is 0.336 e. The fraction of sp³-hybridized carbons (Fsp3) is 0.0370. The van der Waals surface area contributed by atoms with Crippen LogP contribution in [0.1, 0.15) is 16.1 Å². The second-order valence-corrected chi connectivity index (χ2v) is 7.80. The lowest BCUT2D eigenvalue weighted by atomic mass is 10.1. The van der Waals surface area contributed by atoms with Crippen LogP contribution < -0.4 is 10.9 Å². The van der Waals surface area contributed by atoms with Gasteiger partial charge in [0.15, 0.2) is 5.43 Å². The lowest BCUT2D eigenvalue weighted by Gasteiger charge is -2.14. The van der Waals surface area contributed by atoms with Gasteiger partial charge in [0.05, 0.1) is 22.8 Å². The molecule has 1 amide bonds. The minimum Gasteiger partial charge on any atom is -0.478 e. The zero-order valence-corrected chi connectivity index (χ0v) is 18.3. The summed E-state index contributed by atoms with van der Waals surface area (Å²) in [5.74, 6) is -0.716. The van der Waals surface area contributed by atoms with Gasteiger partial charge in [-0.25, -0.2) is 10.2 Å². The highest BCUT2D eigenvalue weighted by Crippen LogP contribution is 2.25. The number of carbonyl (C=O) groups is 2. The molecule has 8 nitrogen and oxygen atoms in total. The van der Waals surface area contributed by atoms with E-state index < -0.39 is 5.97 Å². The third-order valence-electron chi connectivity index (χ3n) is 5.61. The number of nitrogens with one attached hydrogen (secondary N) is 1. The van der Waals surface area contributed by atoms with Gasteiger partial charge in [0.2, 0.25) is 0 Å². The van der Waals surface area contributed by atoms with Crippen LogP contribution >= 0.6 is 0 Å². The van der Waals surface area contributed by atoms with Crippen molar-refractivity contribution < 1.29 is 19.1 Å². The molecule has 0 saturated carbocycles. The molecule has 3 aromatic carbocycles. The molecule has 172 valence electrons. The third kappa shape index (κ3) is 4.20. The fourth-order valence-corrected chi connectivity index (χ4v) is 4.05. The molecule has 0 aliphatic heterocycles. The Morgan fingerprint density at radius 1 is 0.886 bits per heavy atom. The Morgan fingerprint density at radius 3 is 2.20 bits per heavy atom. The molecule has 2 heterocycles. The Kier molecular flexibility index (Phi) is 5.68. The molecule has 35 heavy (non-hydrogen) atoms. The van der Waals surface area contributed by atoms with Crippen molar-refractivity contribution in [2.45, 2.75) is 6.54 Å². The summed E-state index contributed by atoms with van der Waals surface area (Å²) in [5.41, 5.74) is 4.28. The molecule has 0 bridgehead atoms. The molecular weight excluding hydrogens is 446 g/mol. The highest BCUT2D eigenvalue weighted by Gasteiger charge is 2.14. The molecule has 5 rings (SSSR count). The molecular formula is C27H19N3O5. The van der Waals surface area contributed by atoms with Gasteiger partial charge >= 0.3 is 5.97 Å². The fourth-order valence-electron chi connectivity index (χ4n) is 4.05. The number of benzene rings is 3. The van der Waals surface area contributed by atoms with Gasteiger partial charge in [0, 0.05) is 16.3 Å². The number of amides is 1. The summed E-state index contributed by atoms with van der Waals surface area (Å²) in [4.78, 5) is 37.0. The van der Waals surface area contributed by atoms with E-state index in [4.69, 9.17) is 4.42 Å². The molecule has 0 aliphatic carbocycles. The Balaban J connectivity index is 1.36. The van der Waals surface area contributed by atoms with Crippen LogP contribution in [0.2, 0.25) is 0 Å². The van der Waals surface area contributed by atoms with Gasteiger partial charge in [0.1, 0.15) is 18.1 Å². The quantitative estimate of drug-likeness (QED) is 0.221.